The zero-order valence-electron chi connectivity index (χ0n) is 19.6. The average molecular weight is 470 g/mol. The summed E-state index contributed by atoms with van der Waals surface area (Å²) in [5, 5.41) is 6.55. The van der Waals surface area contributed by atoms with Crippen LogP contribution in [0.4, 0.5) is 21.6 Å². The van der Waals surface area contributed by atoms with Gasteiger partial charge in [-0.05, 0) is 25.0 Å². The van der Waals surface area contributed by atoms with Gasteiger partial charge < -0.3 is 25.8 Å². The number of nitrogens with two attached hydrogens (primary N) is 1. The first-order chi connectivity index (χ1) is 16.5. The third-order valence-corrected chi connectivity index (χ3v) is 5.95. The molecule has 2 unspecified atom stereocenters. The van der Waals surface area contributed by atoms with E-state index in [-0.39, 0.29) is 11.8 Å². The Morgan fingerprint density at radius 3 is 2.62 bits per heavy atom. The third-order valence-electron chi connectivity index (χ3n) is 5.95. The molecule has 3 heterocycles. The molecule has 182 valence electrons. The number of anilines is 2. The molecular formula is C24H32FN7O2. The first-order valence-corrected chi connectivity index (χ1v) is 11.7. The zero-order valence-corrected chi connectivity index (χ0v) is 19.6. The fourth-order valence-electron chi connectivity index (χ4n) is 3.84. The zero-order chi connectivity index (χ0) is 23.9. The number of nitrogens with one attached hydrogen (secondary N) is 2. The number of hydrogen-bond acceptors (Lipinski definition) is 7. The predicted molar refractivity (Wildman–Crippen MR) is 131 cm³/mol. The Balaban J connectivity index is 0.000000620. The molecule has 1 saturated carbocycles. The summed E-state index contributed by atoms with van der Waals surface area (Å²) in [7, 11) is 0. The van der Waals surface area contributed by atoms with Crippen molar-refractivity contribution in [1.82, 2.24) is 15.3 Å². The summed E-state index contributed by atoms with van der Waals surface area (Å²) < 4.78 is 26.3. The lowest BCUT2D eigenvalue weighted by atomic mass is 9.95. The molecule has 2 bridgehead atoms. The lowest BCUT2D eigenvalue weighted by Gasteiger charge is -2.39. The summed E-state index contributed by atoms with van der Waals surface area (Å²) in [6.07, 6.45) is 8.51. The maximum Gasteiger partial charge on any atom is 0.221 e. The monoisotopic (exact) mass is 469 g/mol. The Labute approximate surface area is 199 Å². The van der Waals surface area contributed by atoms with Gasteiger partial charge in [-0.25, -0.2) is 24.3 Å². The van der Waals surface area contributed by atoms with Crippen molar-refractivity contribution < 1.29 is 13.9 Å². The molecule has 2 aliphatic heterocycles. The molecule has 2 aromatic rings. The largest absolute Gasteiger partial charge is 0.474 e. The van der Waals surface area contributed by atoms with Crippen molar-refractivity contribution >= 4 is 29.9 Å². The average Bonchev–Trinajstić information content (AvgIpc) is 3.60. The molecule has 0 amide bonds. The second-order valence-electron chi connectivity index (χ2n) is 8.98. The van der Waals surface area contributed by atoms with Gasteiger partial charge in [-0.1, -0.05) is 19.8 Å². The molecular weight excluding hydrogens is 437 g/mol. The second kappa shape index (κ2) is 11.3. The quantitative estimate of drug-likeness (QED) is 0.437. The summed E-state index contributed by atoms with van der Waals surface area (Å²) in [6, 6.07) is 5.15. The molecule has 4 N–H and O–H groups in total. The molecule has 34 heavy (non-hydrogen) atoms. The van der Waals surface area contributed by atoms with Gasteiger partial charge in [0.15, 0.2) is 0 Å². The van der Waals surface area contributed by atoms with Crippen LogP contribution in [0.1, 0.15) is 38.2 Å². The summed E-state index contributed by atoms with van der Waals surface area (Å²) >= 11 is 0. The van der Waals surface area contributed by atoms with Crippen LogP contribution < -0.4 is 21.1 Å². The number of aromatic nitrogens is 2. The highest BCUT2D eigenvalue weighted by atomic mass is 19.1. The number of nitrogens with zero attached hydrogens (tertiary/aromatic N) is 4. The minimum absolute atomic E-state index is 0.0525. The predicted octanol–water partition coefficient (Wildman–Crippen LogP) is 3.63. The van der Waals surface area contributed by atoms with Gasteiger partial charge in [-0.3, -0.25) is 0 Å². The van der Waals surface area contributed by atoms with Gasteiger partial charge in [0, 0.05) is 31.0 Å². The highest BCUT2D eigenvalue weighted by Gasteiger charge is 2.33. The van der Waals surface area contributed by atoms with Crippen LogP contribution in [0.5, 0.6) is 5.88 Å². The number of morpholine rings is 1. The van der Waals surface area contributed by atoms with Crippen molar-refractivity contribution in [3.63, 3.8) is 0 Å². The van der Waals surface area contributed by atoms with Crippen LogP contribution in [0.25, 0.3) is 0 Å². The van der Waals surface area contributed by atoms with Crippen molar-refractivity contribution in [3.05, 3.63) is 35.9 Å². The molecule has 5 rings (SSSR count). The number of benzene rings is 1. The Morgan fingerprint density at radius 2 is 1.97 bits per heavy atom. The Kier molecular flexibility index (Phi) is 8.02. The van der Waals surface area contributed by atoms with E-state index < -0.39 is 5.82 Å². The lowest BCUT2D eigenvalue weighted by Crippen LogP contribution is -2.56. The van der Waals surface area contributed by atoms with E-state index >= 15 is 0 Å². The van der Waals surface area contributed by atoms with E-state index in [2.05, 4.69) is 37.5 Å². The van der Waals surface area contributed by atoms with Crippen molar-refractivity contribution in [2.45, 2.75) is 57.7 Å². The Hall–Kier alpha value is -3.11. The number of halogens is 1. The van der Waals surface area contributed by atoms with Crippen molar-refractivity contribution in [1.29, 1.82) is 0 Å². The minimum atomic E-state index is -0.465. The molecule has 9 nitrogen and oxygen atoms in total. The summed E-state index contributed by atoms with van der Waals surface area (Å²) in [6.45, 7) is 5.53. The fraction of sp³-hybridized carbons (Fsp3) is 0.500. The molecule has 2 atom stereocenters. The molecule has 2 saturated heterocycles. The van der Waals surface area contributed by atoms with E-state index in [9.17, 15) is 4.39 Å². The SMILES string of the molecule is CC1CC1.Cc1c(Nc2ccc(N=CN=CN)cc2F)ncnc1OC1CC2COCC(C1)N2. The van der Waals surface area contributed by atoms with Crippen LogP contribution in [-0.2, 0) is 4.74 Å². The van der Waals surface area contributed by atoms with Crippen LogP contribution in [0.2, 0.25) is 0 Å². The standard InChI is InChI=1S/C20H24FN7O2.C4H8/c1-12-19(28-18-3-2-13(6-17(18)21)24-10-23-9-22)25-11-26-20(12)30-16-4-14-7-29-8-15(5-16)27-14;1-4-2-3-4/h2-3,6,9-11,14-16,27H,4-5,7-8H2,1H3,(H2,22,23,24)(H,25,26,28);4H,2-3H2,1H3. The number of fused-ring (bicyclic) bond motifs is 2. The number of rotatable bonds is 6. The van der Waals surface area contributed by atoms with E-state index in [0.29, 0.717) is 42.7 Å². The number of ether oxygens (including phenoxy) is 2. The van der Waals surface area contributed by atoms with Crippen LogP contribution in [0.3, 0.4) is 0 Å². The molecule has 0 radical (unpaired) electrons. The van der Waals surface area contributed by atoms with Crippen molar-refractivity contribution in [2.75, 3.05) is 18.5 Å². The van der Waals surface area contributed by atoms with Crippen LogP contribution in [0.15, 0.2) is 34.5 Å². The van der Waals surface area contributed by atoms with Crippen LogP contribution in [-0.4, -0.2) is 54.0 Å². The molecule has 1 aromatic carbocycles. The van der Waals surface area contributed by atoms with E-state index in [1.807, 2.05) is 6.92 Å². The lowest BCUT2D eigenvalue weighted by molar-refractivity contribution is -0.0134. The van der Waals surface area contributed by atoms with Gasteiger partial charge in [0.05, 0.1) is 36.5 Å². The summed E-state index contributed by atoms with van der Waals surface area (Å²) in [5.41, 5.74) is 6.56. The summed E-state index contributed by atoms with van der Waals surface area (Å²) in [4.78, 5) is 16.2. The van der Waals surface area contributed by atoms with Gasteiger partial charge in [-0.15, -0.1) is 0 Å². The van der Waals surface area contributed by atoms with E-state index in [1.165, 1.54) is 31.6 Å². The van der Waals surface area contributed by atoms with Crippen molar-refractivity contribution in [3.8, 4) is 5.88 Å². The van der Waals surface area contributed by atoms with Gasteiger partial charge in [0.1, 0.15) is 30.4 Å². The van der Waals surface area contributed by atoms with Crippen LogP contribution >= 0.6 is 0 Å². The van der Waals surface area contributed by atoms with Crippen LogP contribution in [0, 0.1) is 18.7 Å². The Morgan fingerprint density at radius 1 is 1.24 bits per heavy atom. The smallest absolute Gasteiger partial charge is 0.221 e. The molecule has 10 heteroatoms. The highest BCUT2D eigenvalue weighted by Crippen LogP contribution is 2.30. The number of hydrogen-bond donors (Lipinski definition) is 3. The van der Waals surface area contributed by atoms with E-state index in [0.717, 1.165) is 30.7 Å². The molecule has 1 aliphatic carbocycles. The number of aliphatic imine (C=N–C) groups is 2. The van der Waals surface area contributed by atoms with E-state index in [1.54, 1.807) is 12.1 Å². The topological polar surface area (TPSA) is 119 Å². The second-order valence-corrected chi connectivity index (χ2v) is 8.98. The molecule has 1 aromatic heterocycles. The maximum atomic E-state index is 14.5. The van der Waals surface area contributed by atoms with E-state index in [4.69, 9.17) is 15.2 Å². The van der Waals surface area contributed by atoms with Gasteiger partial charge in [-0.2, -0.15) is 0 Å². The van der Waals surface area contributed by atoms with Crippen molar-refractivity contribution in [2.24, 2.45) is 21.6 Å². The molecule has 3 fully saturated rings. The first-order valence-electron chi connectivity index (χ1n) is 11.7. The fourth-order valence-corrected chi connectivity index (χ4v) is 3.84. The highest BCUT2D eigenvalue weighted by molar-refractivity contribution is 5.72. The molecule has 3 aliphatic rings. The minimum Gasteiger partial charge on any atom is -0.474 e. The number of piperidine rings is 1. The third kappa shape index (κ3) is 6.71. The normalized spacial score (nSPS) is 24.0. The van der Waals surface area contributed by atoms with Gasteiger partial charge >= 0.3 is 0 Å². The Bertz CT molecular complexity index is 1020. The first kappa shape index (κ1) is 24.0. The van der Waals surface area contributed by atoms with Gasteiger partial charge in [0.25, 0.3) is 0 Å². The van der Waals surface area contributed by atoms with Gasteiger partial charge in [0.2, 0.25) is 5.88 Å². The molecule has 0 spiro atoms. The summed E-state index contributed by atoms with van der Waals surface area (Å²) in [5.74, 6) is 1.60. The maximum absolute atomic E-state index is 14.5.